The molecule has 2 aromatic rings. The third-order valence-corrected chi connectivity index (χ3v) is 2.80. The lowest BCUT2D eigenvalue weighted by Gasteiger charge is -2.13. The molecule has 0 aliphatic rings. The topological polar surface area (TPSA) is 72.5 Å². The maximum Gasteiger partial charge on any atom is 0.373 e. The number of benzene rings is 1. The molecule has 0 aliphatic carbocycles. The Hall–Kier alpha value is -2.81. The van der Waals surface area contributed by atoms with Gasteiger partial charge in [0, 0.05) is 0 Å². The molecule has 0 amide bonds. The largest absolute Gasteiger partial charge is 0.481 e. The number of carbonyl (C=O) groups is 1. The second kappa shape index (κ2) is 6.09. The number of ether oxygens (including phenoxy) is 2. The van der Waals surface area contributed by atoms with Crippen molar-refractivity contribution in [2.75, 3.05) is 7.11 Å². The molecule has 2 rings (SSSR count). The highest BCUT2D eigenvalue weighted by atomic mass is 19.1. The van der Waals surface area contributed by atoms with Crippen LogP contribution in [0.4, 0.5) is 4.39 Å². The van der Waals surface area contributed by atoms with Crippen LogP contribution in [0.5, 0.6) is 5.75 Å². The summed E-state index contributed by atoms with van der Waals surface area (Å²) in [6.07, 6.45) is -0.600. The number of furan rings is 1. The number of rotatable bonds is 4. The van der Waals surface area contributed by atoms with Crippen LogP contribution >= 0.6 is 0 Å². The molecule has 1 unspecified atom stereocenters. The number of esters is 1. The second-order valence-electron chi connectivity index (χ2n) is 4.18. The normalized spacial score (nSPS) is 11.5. The van der Waals surface area contributed by atoms with Crippen molar-refractivity contribution in [1.82, 2.24) is 0 Å². The molecule has 0 saturated heterocycles. The van der Waals surface area contributed by atoms with Gasteiger partial charge in [-0.3, -0.25) is 0 Å². The zero-order chi connectivity index (χ0) is 15.4. The van der Waals surface area contributed by atoms with Crippen molar-refractivity contribution >= 4 is 5.97 Å². The first-order chi connectivity index (χ1) is 10.1. The average molecular weight is 289 g/mol. The molecule has 108 valence electrons. The van der Waals surface area contributed by atoms with Crippen LogP contribution in [0.15, 0.2) is 34.7 Å². The fourth-order valence-corrected chi connectivity index (χ4v) is 1.74. The van der Waals surface area contributed by atoms with Gasteiger partial charge in [-0.25, -0.2) is 9.18 Å². The van der Waals surface area contributed by atoms with E-state index in [4.69, 9.17) is 14.4 Å². The molecule has 0 saturated carbocycles. The van der Waals surface area contributed by atoms with Crippen molar-refractivity contribution in [3.8, 4) is 11.8 Å². The van der Waals surface area contributed by atoms with E-state index in [2.05, 4.69) is 4.74 Å². The number of hydrogen-bond acceptors (Lipinski definition) is 5. The molecular formula is C15H12FNO4. The highest BCUT2D eigenvalue weighted by molar-refractivity contribution is 5.86. The third kappa shape index (κ3) is 3.03. The molecule has 1 atom stereocenters. The molecule has 0 N–H and O–H groups in total. The van der Waals surface area contributed by atoms with Crippen LogP contribution in [0.3, 0.4) is 0 Å². The van der Waals surface area contributed by atoms with Crippen LogP contribution in [0, 0.1) is 17.1 Å². The number of nitriles is 1. The van der Waals surface area contributed by atoms with Crippen molar-refractivity contribution in [3.63, 3.8) is 0 Å². The Labute approximate surface area is 120 Å². The van der Waals surface area contributed by atoms with Gasteiger partial charge in [-0.05, 0) is 31.2 Å². The minimum absolute atomic E-state index is 0.0442. The highest BCUT2D eigenvalue weighted by Crippen LogP contribution is 2.27. The standard InChI is InChI=1S/C15H12FNO4/c1-9(12-6-7-14(21-12)15(18)19-2)20-13-5-3-4-11(16)10(13)8-17/h3-7,9H,1-2H3. The van der Waals surface area contributed by atoms with E-state index in [0.29, 0.717) is 5.76 Å². The fraction of sp³-hybridized carbons (Fsp3) is 0.200. The summed E-state index contributed by atoms with van der Waals surface area (Å²) >= 11 is 0. The van der Waals surface area contributed by atoms with Gasteiger partial charge in [0.1, 0.15) is 29.0 Å². The molecule has 0 fully saturated rings. The second-order valence-corrected chi connectivity index (χ2v) is 4.18. The molecule has 0 radical (unpaired) electrons. The Kier molecular flexibility index (Phi) is 4.24. The maximum absolute atomic E-state index is 13.5. The van der Waals surface area contributed by atoms with Crippen molar-refractivity contribution in [2.24, 2.45) is 0 Å². The molecular weight excluding hydrogens is 277 g/mol. The first-order valence-electron chi connectivity index (χ1n) is 6.10. The molecule has 0 spiro atoms. The number of nitrogens with zero attached hydrogens (tertiary/aromatic N) is 1. The van der Waals surface area contributed by atoms with E-state index in [9.17, 15) is 9.18 Å². The highest BCUT2D eigenvalue weighted by Gasteiger charge is 2.18. The van der Waals surface area contributed by atoms with E-state index < -0.39 is 17.9 Å². The van der Waals surface area contributed by atoms with E-state index in [1.807, 2.05) is 0 Å². The SMILES string of the molecule is COC(=O)c1ccc(C(C)Oc2cccc(F)c2C#N)o1. The van der Waals surface area contributed by atoms with E-state index in [1.54, 1.807) is 19.1 Å². The van der Waals surface area contributed by atoms with Gasteiger partial charge in [-0.15, -0.1) is 0 Å². The Bertz CT molecular complexity index is 702. The zero-order valence-electron chi connectivity index (χ0n) is 11.4. The lowest BCUT2D eigenvalue weighted by Crippen LogP contribution is -2.04. The molecule has 1 aromatic heterocycles. The predicted octanol–water partition coefficient (Wildman–Crippen LogP) is 3.22. The molecule has 5 nitrogen and oxygen atoms in total. The molecule has 1 aromatic carbocycles. The first-order valence-corrected chi connectivity index (χ1v) is 6.10. The number of methoxy groups -OCH3 is 1. The fourth-order valence-electron chi connectivity index (χ4n) is 1.74. The van der Waals surface area contributed by atoms with Gasteiger partial charge in [0.05, 0.1) is 7.11 Å². The van der Waals surface area contributed by atoms with Gasteiger partial charge < -0.3 is 13.9 Å². The number of hydrogen-bond donors (Lipinski definition) is 0. The van der Waals surface area contributed by atoms with Crippen molar-refractivity contribution < 1.29 is 23.1 Å². The summed E-state index contributed by atoms with van der Waals surface area (Å²) in [4.78, 5) is 11.3. The Morgan fingerprint density at radius 3 is 2.81 bits per heavy atom. The van der Waals surface area contributed by atoms with Crippen LogP contribution < -0.4 is 4.74 Å². The van der Waals surface area contributed by atoms with Gasteiger partial charge in [0.2, 0.25) is 5.76 Å². The Morgan fingerprint density at radius 2 is 2.14 bits per heavy atom. The summed E-state index contributed by atoms with van der Waals surface area (Å²) in [6, 6.07) is 8.87. The van der Waals surface area contributed by atoms with E-state index in [1.165, 1.54) is 31.4 Å². The van der Waals surface area contributed by atoms with Gasteiger partial charge in [0.15, 0.2) is 6.10 Å². The smallest absolute Gasteiger partial charge is 0.373 e. The predicted molar refractivity (Wildman–Crippen MR) is 70.2 cm³/mol. The lowest BCUT2D eigenvalue weighted by atomic mass is 10.2. The van der Waals surface area contributed by atoms with Crippen LogP contribution in [0.2, 0.25) is 0 Å². The summed E-state index contributed by atoms with van der Waals surface area (Å²) in [5, 5.41) is 8.94. The van der Waals surface area contributed by atoms with Crippen LogP contribution in [-0.2, 0) is 4.74 Å². The van der Waals surface area contributed by atoms with E-state index in [0.717, 1.165) is 0 Å². The van der Waals surface area contributed by atoms with Crippen LogP contribution in [-0.4, -0.2) is 13.1 Å². The van der Waals surface area contributed by atoms with Gasteiger partial charge >= 0.3 is 5.97 Å². The minimum atomic E-state index is -0.656. The molecule has 0 bridgehead atoms. The van der Waals surface area contributed by atoms with Gasteiger partial charge in [0.25, 0.3) is 0 Å². The summed E-state index contributed by atoms with van der Waals surface area (Å²) in [7, 11) is 1.25. The number of halogens is 1. The van der Waals surface area contributed by atoms with Gasteiger partial charge in [-0.2, -0.15) is 5.26 Å². The first kappa shape index (κ1) is 14.6. The molecule has 6 heteroatoms. The average Bonchev–Trinajstić information content (AvgIpc) is 2.96. The minimum Gasteiger partial charge on any atom is -0.481 e. The maximum atomic E-state index is 13.5. The van der Waals surface area contributed by atoms with Crippen molar-refractivity contribution in [3.05, 3.63) is 53.2 Å². The van der Waals surface area contributed by atoms with E-state index >= 15 is 0 Å². The Balaban J connectivity index is 2.21. The monoisotopic (exact) mass is 289 g/mol. The molecule has 0 aliphatic heterocycles. The zero-order valence-corrected chi connectivity index (χ0v) is 11.4. The van der Waals surface area contributed by atoms with Gasteiger partial charge in [-0.1, -0.05) is 6.07 Å². The van der Waals surface area contributed by atoms with Crippen molar-refractivity contribution in [1.29, 1.82) is 5.26 Å². The van der Waals surface area contributed by atoms with Crippen LogP contribution in [0.1, 0.15) is 34.9 Å². The summed E-state index contributed by atoms with van der Waals surface area (Å²) in [6.45, 7) is 1.66. The van der Waals surface area contributed by atoms with Crippen LogP contribution in [0.25, 0.3) is 0 Å². The molecule has 1 heterocycles. The summed E-state index contributed by atoms with van der Waals surface area (Å²) in [5.74, 6) is -0.735. The Morgan fingerprint density at radius 1 is 1.38 bits per heavy atom. The lowest BCUT2D eigenvalue weighted by molar-refractivity contribution is 0.0558. The number of carbonyl (C=O) groups excluding carboxylic acids is 1. The third-order valence-electron chi connectivity index (χ3n) is 2.80. The van der Waals surface area contributed by atoms with E-state index in [-0.39, 0.29) is 17.1 Å². The molecule has 21 heavy (non-hydrogen) atoms. The quantitative estimate of drug-likeness (QED) is 0.808. The summed E-state index contributed by atoms with van der Waals surface area (Å²) < 4.78 is 28.8. The summed E-state index contributed by atoms with van der Waals surface area (Å²) in [5.41, 5.74) is -0.177. The van der Waals surface area contributed by atoms with Crippen molar-refractivity contribution in [2.45, 2.75) is 13.0 Å².